The molecule has 2 heterocycles. The van der Waals surface area contributed by atoms with Crippen molar-refractivity contribution in [2.75, 3.05) is 18.7 Å². The van der Waals surface area contributed by atoms with Crippen LogP contribution in [-0.4, -0.2) is 40.2 Å². The van der Waals surface area contributed by atoms with Crippen LogP contribution in [0.1, 0.15) is 66.8 Å². The van der Waals surface area contributed by atoms with E-state index in [1.807, 2.05) is 69.5 Å². The zero-order valence-electron chi connectivity index (χ0n) is 26.1. The number of Topliss-reactive ketones (excluding diaryl/α,β-unsaturated/α-hetero) is 2. The maximum atomic E-state index is 12.5. The standard InChI is InChI=1S/C18H24NO4PS2.C14H12N2OS2/c1-5-22-24(21,23-6-2)12-25-18-11-19-17(26-18)10-16(20)15-8-13(3)7-14(4)9-15;1-9-3-10(2)5-11(4-9)12(17)6-13-16-7-14(19-13)18-8-15/h7-9,11H,5-6,10,12H2,1-4H3;3-5,7H,6H2,1-2H3. The fraction of sp³-hybridized carbons (Fsp3) is 0.344. The van der Waals surface area contributed by atoms with Gasteiger partial charge in [0, 0.05) is 22.9 Å². The molecule has 0 N–H and O–H groups in total. The van der Waals surface area contributed by atoms with Gasteiger partial charge in [-0.3, -0.25) is 14.2 Å². The van der Waals surface area contributed by atoms with E-state index in [-0.39, 0.29) is 23.5 Å². The van der Waals surface area contributed by atoms with Crippen LogP contribution in [0.4, 0.5) is 0 Å². The molecule has 4 aromatic rings. The van der Waals surface area contributed by atoms with Gasteiger partial charge in [-0.05, 0) is 65.8 Å². The molecule has 45 heavy (non-hydrogen) atoms. The van der Waals surface area contributed by atoms with Crippen LogP contribution in [-0.2, 0) is 26.5 Å². The average Bonchev–Trinajstić information content (AvgIpc) is 3.61. The highest BCUT2D eigenvalue weighted by molar-refractivity contribution is 8.06. The molecule has 0 aliphatic heterocycles. The Kier molecular flexibility index (Phi) is 14.7. The molecule has 2 aromatic carbocycles. The van der Waals surface area contributed by atoms with Crippen molar-refractivity contribution in [1.82, 2.24) is 9.97 Å². The van der Waals surface area contributed by atoms with E-state index in [4.69, 9.17) is 14.3 Å². The molecular weight excluding hydrogens is 666 g/mol. The van der Waals surface area contributed by atoms with Crippen LogP contribution in [0.2, 0.25) is 0 Å². The maximum Gasteiger partial charge on any atom is 0.340 e. The number of thiocyanates is 1. The smallest absolute Gasteiger partial charge is 0.308 e. The molecule has 0 atom stereocenters. The number of aromatic nitrogens is 2. The van der Waals surface area contributed by atoms with E-state index >= 15 is 0 Å². The first-order valence-corrected chi connectivity index (χ1v) is 19.3. The Morgan fingerprint density at radius 1 is 0.778 bits per heavy atom. The van der Waals surface area contributed by atoms with Gasteiger partial charge in [-0.2, -0.15) is 5.26 Å². The summed E-state index contributed by atoms with van der Waals surface area (Å²) >= 11 is 5.30. The third kappa shape index (κ3) is 12.2. The first-order valence-electron chi connectivity index (χ1n) is 14.1. The van der Waals surface area contributed by atoms with Crippen molar-refractivity contribution in [3.63, 3.8) is 0 Å². The number of hydrogen-bond acceptors (Lipinski definition) is 12. The van der Waals surface area contributed by atoms with Gasteiger partial charge >= 0.3 is 7.60 Å². The average molecular weight is 702 g/mol. The largest absolute Gasteiger partial charge is 0.340 e. The van der Waals surface area contributed by atoms with Crippen molar-refractivity contribution >= 4 is 65.4 Å². The maximum absolute atomic E-state index is 12.5. The summed E-state index contributed by atoms with van der Waals surface area (Å²) in [5, 5.41) is 12.1. The van der Waals surface area contributed by atoms with Crippen molar-refractivity contribution < 1.29 is 23.2 Å². The lowest BCUT2D eigenvalue weighted by Gasteiger charge is -2.15. The topological polar surface area (TPSA) is 119 Å². The molecule has 0 aliphatic carbocycles. The van der Waals surface area contributed by atoms with E-state index in [0.29, 0.717) is 25.2 Å². The second kappa shape index (κ2) is 17.9. The molecule has 2 aromatic heterocycles. The van der Waals surface area contributed by atoms with Gasteiger partial charge in [0.15, 0.2) is 11.6 Å². The number of aryl methyl sites for hydroxylation is 4. The molecule has 0 radical (unpaired) electrons. The fourth-order valence-corrected chi connectivity index (χ4v) is 10.1. The Labute approximate surface area is 281 Å². The van der Waals surface area contributed by atoms with Crippen LogP contribution in [0, 0.1) is 38.4 Å². The summed E-state index contributed by atoms with van der Waals surface area (Å²) in [5.74, 6) is 0.117. The predicted octanol–water partition coefficient (Wildman–Crippen LogP) is 9.26. The number of thiazole rings is 2. The molecule has 0 unspecified atom stereocenters. The molecule has 13 heteroatoms. The van der Waals surface area contributed by atoms with Gasteiger partial charge in [-0.1, -0.05) is 34.4 Å². The molecule has 238 valence electrons. The Morgan fingerprint density at radius 2 is 1.20 bits per heavy atom. The van der Waals surface area contributed by atoms with Gasteiger partial charge in [0.05, 0.1) is 46.9 Å². The number of nitriles is 1. The third-order valence-corrected chi connectivity index (χ3v) is 12.5. The first-order chi connectivity index (χ1) is 21.4. The van der Waals surface area contributed by atoms with Gasteiger partial charge in [-0.25, -0.2) is 9.97 Å². The SMILES string of the molecule is CCOP(=O)(CSc1cnc(CC(=O)c2cc(C)cc(C)c2)s1)OCC.Cc1cc(C)cc(C(=O)Cc2ncc(SC#N)s2)c1. The highest BCUT2D eigenvalue weighted by Crippen LogP contribution is 2.52. The van der Waals surface area contributed by atoms with Crippen LogP contribution >= 0.6 is 53.8 Å². The molecule has 4 rings (SSSR count). The van der Waals surface area contributed by atoms with Gasteiger partial charge in [-0.15, -0.1) is 34.4 Å². The normalized spacial score (nSPS) is 11.0. The van der Waals surface area contributed by atoms with Gasteiger partial charge in [0.2, 0.25) is 0 Å². The minimum absolute atomic E-state index is 0.0528. The number of ketones is 2. The van der Waals surface area contributed by atoms with Crippen molar-refractivity contribution in [2.24, 2.45) is 0 Å². The van der Waals surface area contributed by atoms with E-state index in [1.54, 1.807) is 26.2 Å². The Balaban J connectivity index is 0.000000257. The van der Waals surface area contributed by atoms with Crippen LogP contribution in [0.5, 0.6) is 0 Å². The summed E-state index contributed by atoms with van der Waals surface area (Å²) < 4.78 is 24.8. The number of nitrogens with zero attached hydrogens (tertiary/aromatic N) is 3. The molecule has 0 bridgehead atoms. The van der Waals surface area contributed by atoms with Crippen LogP contribution in [0.15, 0.2) is 57.2 Å². The second-order valence-electron chi connectivity index (χ2n) is 10.0. The van der Waals surface area contributed by atoms with Crippen molar-refractivity contribution in [3.05, 3.63) is 92.2 Å². The van der Waals surface area contributed by atoms with Gasteiger partial charge < -0.3 is 9.05 Å². The summed E-state index contributed by atoms with van der Waals surface area (Å²) in [5.41, 5.74) is 6.00. The summed E-state index contributed by atoms with van der Waals surface area (Å²) in [6, 6.07) is 11.7. The Bertz CT molecular complexity index is 1660. The highest BCUT2D eigenvalue weighted by Gasteiger charge is 2.24. The highest BCUT2D eigenvalue weighted by atomic mass is 32.2. The quantitative estimate of drug-likeness (QED) is 0.0545. The molecule has 0 saturated heterocycles. The van der Waals surface area contributed by atoms with Crippen LogP contribution in [0.25, 0.3) is 0 Å². The predicted molar refractivity (Wildman–Crippen MR) is 185 cm³/mol. The molecular formula is C32H36N3O5PS4. The zero-order valence-corrected chi connectivity index (χ0v) is 30.3. The molecule has 0 fully saturated rings. The van der Waals surface area contributed by atoms with Crippen molar-refractivity contribution in [3.8, 4) is 5.40 Å². The molecule has 8 nitrogen and oxygen atoms in total. The Morgan fingerprint density at radius 3 is 1.62 bits per heavy atom. The minimum Gasteiger partial charge on any atom is -0.308 e. The third-order valence-electron chi connectivity index (χ3n) is 5.94. The van der Waals surface area contributed by atoms with Crippen LogP contribution in [0.3, 0.4) is 0 Å². The molecule has 0 aliphatic rings. The number of benzene rings is 2. The lowest BCUT2D eigenvalue weighted by atomic mass is 10.0. The summed E-state index contributed by atoms with van der Waals surface area (Å²) in [4.78, 5) is 33.2. The first kappa shape index (κ1) is 36.8. The number of carbonyl (C=O) groups excluding carboxylic acids is 2. The molecule has 0 saturated carbocycles. The minimum atomic E-state index is -3.09. The van der Waals surface area contributed by atoms with Gasteiger partial charge in [0.1, 0.15) is 20.9 Å². The zero-order chi connectivity index (χ0) is 33.0. The second-order valence-corrected chi connectivity index (χ2v) is 17.1. The summed E-state index contributed by atoms with van der Waals surface area (Å²) in [7, 11) is -3.09. The van der Waals surface area contributed by atoms with E-state index < -0.39 is 7.60 Å². The Hall–Kier alpha value is -2.62. The number of hydrogen-bond donors (Lipinski definition) is 0. The lowest BCUT2D eigenvalue weighted by Crippen LogP contribution is -2.04. The summed E-state index contributed by atoms with van der Waals surface area (Å²) in [6.45, 7) is 12.2. The van der Waals surface area contributed by atoms with Crippen molar-refractivity contribution in [1.29, 1.82) is 5.26 Å². The van der Waals surface area contributed by atoms with E-state index in [0.717, 1.165) is 58.0 Å². The van der Waals surface area contributed by atoms with E-state index in [2.05, 4.69) is 9.97 Å². The molecule has 0 amide bonds. The van der Waals surface area contributed by atoms with E-state index in [1.165, 1.54) is 34.4 Å². The monoisotopic (exact) mass is 701 g/mol. The number of carbonyl (C=O) groups is 2. The van der Waals surface area contributed by atoms with E-state index in [9.17, 15) is 14.2 Å². The van der Waals surface area contributed by atoms with Gasteiger partial charge in [0.25, 0.3) is 0 Å². The van der Waals surface area contributed by atoms with Crippen molar-refractivity contribution in [2.45, 2.75) is 62.8 Å². The fourth-order valence-electron chi connectivity index (χ4n) is 4.31. The van der Waals surface area contributed by atoms with Crippen LogP contribution < -0.4 is 0 Å². The number of rotatable bonds is 14. The lowest BCUT2D eigenvalue weighted by molar-refractivity contribution is 0.0984. The summed E-state index contributed by atoms with van der Waals surface area (Å²) in [6.07, 6.45) is 3.91. The molecule has 0 spiro atoms. The number of thioether (sulfide) groups is 2.